The third kappa shape index (κ3) is 2.98. The third-order valence-electron chi connectivity index (χ3n) is 2.97. The maximum atomic E-state index is 11.4. The average Bonchev–Trinajstić information content (AvgIpc) is 2.93. The summed E-state index contributed by atoms with van der Waals surface area (Å²) in [5, 5.41) is 10.1. The molecular formula is C16H12N2O2S. The Morgan fingerprint density at radius 3 is 2.52 bits per heavy atom. The lowest BCUT2D eigenvalue weighted by Gasteiger charge is -1.97. The Kier molecular flexibility index (Phi) is 3.75. The fourth-order valence-electron chi connectivity index (χ4n) is 2.03. The number of carboxylic acid groups (broad SMARTS) is 1. The number of aromatic nitrogens is 2. The van der Waals surface area contributed by atoms with E-state index in [-0.39, 0.29) is 5.69 Å². The van der Waals surface area contributed by atoms with Crippen LogP contribution in [-0.2, 0) is 6.42 Å². The van der Waals surface area contributed by atoms with E-state index in [0.29, 0.717) is 11.3 Å². The second-order valence-corrected chi connectivity index (χ2v) is 5.54. The third-order valence-corrected chi connectivity index (χ3v) is 4.07. The molecule has 2 heterocycles. The van der Waals surface area contributed by atoms with E-state index in [0.717, 1.165) is 16.3 Å². The summed E-state index contributed by atoms with van der Waals surface area (Å²) in [6.07, 6.45) is 2.26. The highest BCUT2D eigenvalue weighted by Gasteiger charge is 2.18. The van der Waals surface area contributed by atoms with E-state index in [4.69, 9.17) is 0 Å². The number of nitrogens with zero attached hydrogens (tertiary/aromatic N) is 2. The van der Waals surface area contributed by atoms with Gasteiger partial charge in [-0.05, 0) is 17.7 Å². The van der Waals surface area contributed by atoms with Crippen LogP contribution < -0.4 is 0 Å². The van der Waals surface area contributed by atoms with Gasteiger partial charge in [0.25, 0.3) is 0 Å². The number of benzene rings is 1. The molecule has 0 radical (unpaired) electrons. The molecule has 0 spiro atoms. The lowest BCUT2D eigenvalue weighted by Crippen LogP contribution is -1.99. The summed E-state index contributed by atoms with van der Waals surface area (Å²) in [7, 11) is 0. The van der Waals surface area contributed by atoms with Crippen molar-refractivity contribution < 1.29 is 9.90 Å². The van der Waals surface area contributed by atoms with Crippen LogP contribution in [0.1, 0.15) is 21.2 Å². The molecule has 0 aliphatic rings. The molecule has 0 unspecified atom stereocenters. The Morgan fingerprint density at radius 1 is 1.10 bits per heavy atom. The maximum Gasteiger partial charge on any atom is 0.356 e. The molecular weight excluding hydrogens is 284 g/mol. The number of carboxylic acids is 1. The standard InChI is InChI=1S/C16H12N2O2S/c19-16(20)14-15(11-6-2-1-3-7-11)21-13(18-14)10-12-8-4-5-9-17-12/h1-9H,10H2,(H,19,20). The Labute approximate surface area is 125 Å². The van der Waals surface area contributed by atoms with Gasteiger partial charge in [-0.2, -0.15) is 0 Å². The molecule has 2 aromatic heterocycles. The summed E-state index contributed by atoms with van der Waals surface area (Å²) in [6.45, 7) is 0. The first-order valence-electron chi connectivity index (χ1n) is 6.42. The smallest absolute Gasteiger partial charge is 0.356 e. The van der Waals surface area contributed by atoms with Gasteiger partial charge in [-0.1, -0.05) is 36.4 Å². The van der Waals surface area contributed by atoms with Crippen molar-refractivity contribution in [2.75, 3.05) is 0 Å². The van der Waals surface area contributed by atoms with Gasteiger partial charge in [0, 0.05) is 18.3 Å². The summed E-state index contributed by atoms with van der Waals surface area (Å²) in [6, 6.07) is 15.1. The van der Waals surface area contributed by atoms with Gasteiger partial charge in [0.2, 0.25) is 0 Å². The molecule has 3 aromatic rings. The second-order valence-electron chi connectivity index (χ2n) is 4.45. The minimum Gasteiger partial charge on any atom is -0.476 e. The van der Waals surface area contributed by atoms with E-state index >= 15 is 0 Å². The Balaban J connectivity index is 1.99. The van der Waals surface area contributed by atoms with E-state index in [1.165, 1.54) is 11.3 Å². The predicted octanol–water partition coefficient (Wildman–Crippen LogP) is 3.49. The molecule has 0 atom stereocenters. The van der Waals surface area contributed by atoms with Crippen LogP contribution in [0.15, 0.2) is 54.7 Å². The average molecular weight is 296 g/mol. The van der Waals surface area contributed by atoms with Crippen LogP contribution in [0.5, 0.6) is 0 Å². The molecule has 0 aliphatic heterocycles. The van der Waals surface area contributed by atoms with Crippen LogP contribution in [0.4, 0.5) is 0 Å². The Hall–Kier alpha value is -2.53. The summed E-state index contributed by atoms with van der Waals surface area (Å²) in [5.41, 5.74) is 1.86. The van der Waals surface area contributed by atoms with Gasteiger partial charge in [-0.15, -0.1) is 11.3 Å². The summed E-state index contributed by atoms with van der Waals surface area (Å²) in [4.78, 5) is 20.6. The number of aromatic carboxylic acids is 1. The van der Waals surface area contributed by atoms with Crippen LogP contribution in [0, 0.1) is 0 Å². The highest BCUT2D eigenvalue weighted by Crippen LogP contribution is 2.31. The number of rotatable bonds is 4. The molecule has 104 valence electrons. The highest BCUT2D eigenvalue weighted by molar-refractivity contribution is 7.15. The van der Waals surface area contributed by atoms with E-state index in [2.05, 4.69) is 9.97 Å². The van der Waals surface area contributed by atoms with Crippen LogP contribution >= 0.6 is 11.3 Å². The fourth-order valence-corrected chi connectivity index (χ4v) is 3.10. The summed E-state index contributed by atoms with van der Waals surface area (Å²) < 4.78 is 0. The number of hydrogen-bond donors (Lipinski definition) is 1. The number of thiazole rings is 1. The zero-order chi connectivity index (χ0) is 14.7. The van der Waals surface area contributed by atoms with Gasteiger partial charge in [-0.25, -0.2) is 9.78 Å². The van der Waals surface area contributed by atoms with Gasteiger partial charge in [0.15, 0.2) is 5.69 Å². The molecule has 0 fully saturated rings. The van der Waals surface area contributed by atoms with Crippen molar-refractivity contribution in [3.8, 4) is 10.4 Å². The molecule has 21 heavy (non-hydrogen) atoms. The SMILES string of the molecule is O=C(O)c1nc(Cc2ccccn2)sc1-c1ccccc1. The van der Waals surface area contributed by atoms with Crippen molar-refractivity contribution in [1.29, 1.82) is 0 Å². The topological polar surface area (TPSA) is 63.1 Å². The minimum absolute atomic E-state index is 0.108. The van der Waals surface area contributed by atoms with Crippen LogP contribution in [0.3, 0.4) is 0 Å². The van der Waals surface area contributed by atoms with Crippen molar-refractivity contribution in [2.24, 2.45) is 0 Å². The fraction of sp³-hybridized carbons (Fsp3) is 0.0625. The summed E-state index contributed by atoms with van der Waals surface area (Å²) >= 11 is 1.40. The van der Waals surface area contributed by atoms with Gasteiger partial charge < -0.3 is 5.11 Å². The first kappa shape index (κ1) is 13.5. The molecule has 1 aromatic carbocycles. The molecule has 1 N–H and O–H groups in total. The minimum atomic E-state index is -1.00. The predicted molar refractivity (Wildman–Crippen MR) is 81.6 cm³/mol. The van der Waals surface area contributed by atoms with Crippen molar-refractivity contribution >= 4 is 17.3 Å². The van der Waals surface area contributed by atoms with Crippen LogP contribution in [0.2, 0.25) is 0 Å². The second kappa shape index (κ2) is 5.85. The van der Waals surface area contributed by atoms with E-state index in [9.17, 15) is 9.90 Å². The number of pyridine rings is 1. The van der Waals surface area contributed by atoms with Crippen LogP contribution in [-0.4, -0.2) is 21.0 Å². The quantitative estimate of drug-likeness (QED) is 0.800. The molecule has 0 saturated carbocycles. The molecule has 4 nitrogen and oxygen atoms in total. The number of carbonyl (C=O) groups is 1. The molecule has 0 saturated heterocycles. The van der Waals surface area contributed by atoms with Crippen LogP contribution in [0.25, 0.3) is 10.4 Å². The first-order chi connectivity index (χ1) is 10.2. The normalized spacial score (nSPS) is 10.5. The van der Waals surface area contributed by atoms with Crippen molar-refractivity contribution in [2.45, 2.75) is 6.42 Å². The van der Waals surface area contributed by atoms with Gasteiger partial charge in [-0.3, -0.25) is 4.98 Å². The maximum absolute atomic E-state index is 11.4. The lowest BCUT2D eigenvalue weighted by atomic mass is 10.1. The zero-order valence-electron chi connectivity index (χ0n) is 11.1. The van der Waals surface area contributed by atoms with Gasteiger partial charge in [0.05, 0.1) is 4.88 Å². The van der Waals surface area contributed by atoms with Gasteiger partial charge in [0.1, 0.15) is 5.01 Å². The zero-order valence-corrected chi connectivity index (χ0v) is 11.9. The molecule has 0 amide bonds. The Morgan fingerprint density at radius 2 is 1.86 bits per heavy atom. The molecule has 0 aliphatic carbocycles. The van der Waals surface area contributed by atoms with Crippen molar-refractivity contribution in [1.82, 2.24) is 9.97 Å². The molecule has 5 heteroatoms. The monoisotopic (exact) mass is 296 g/mol. The Bertz CT molecular complexity index is 754. The van der Waals surface area contributed by atoms with Gasteiger partial charge >= 0.3 is 5.97 Å². The van der Waals surface area contributed by atoms with E-state index in [1.807, 2.05) is 48.5 Å². The van der Waals surface area contributed by atoms with Crippen molar-refractivity contribution in [3.05, 3.63) is 71.1 Å². The van der Waals surface area contributed by atoms with E-state index < -0.39 is 5.97 Å². The molecule has 0 bridgehead atoms. The largest absolute Gasteiger partial charge is 0.476 e. The van der Waals surface area contributed by atoms with Crippen molar-refractivity contribution in [3.63, 3.8) is 0 Å². The molecule has 3 rings (SSSR count). The van der Waals surface area contributed by atoms with E-state index in [1.54, 1.807) is 6.20 Å². The first-order valence-corrected chi connectivity index (χ1v) is 7.24. The lowest BCUT2D eigenvalue weighted by molar-refractivity contribution is 0.0692. The summed E-state index contributed by atoms with van der Waals surface area (Å²) in [5.74, 6) is -1.00. The highest BCUT2D eigenvalue weighted by atomic mass is 32.1. The number of hydrogen-bond acceptors (Lipinski definition) is 4.